The molecule has 0 spiro atoms. The summed E-state index contributed by atoms with van der Waals surface area (Å²) in [6, 6.07) is 12.7. The average Bonchev–Trinajstić information content (AvgIpc) is 3.46. The highest BCUT2D eigenvalue weighted by Gasteiger charge is 2.24. The molecular weight excluding hydrogens is 416 g/mol. The number of hydrogen-bond donors (Lipinski definition) is 2. The monoisotopic (exact) mass is 438 g/mol. The van der Waals surface area contributed by atoms with Crippen LogP contribution in [0.5, 0.6) is 0 Å². The molecule has 31 heavy (non-hydrogen) atoms. The molecule has 3 heterocycles. The number of nitrogens with zero attached hydrogens (tertiary/aromatic N) is 1. The zero-order valence-electron chi connectivity index (χ0n) is 16.7. The molecule has 0 saturated carbocycles. The van der Waals surface area contributed by atoms with Crippen molar-refractivity contribution in [2.24, 2.45) is 0 Å². The molecule has 4 rings (SSSR count). The number of carbonyl (C=O) groups excluding carboxylic acids is 2. The minimum absolute atomic E-state index is 0.0903. The molecule has 0 radical (unpaired) electrons. The van der Waals surface area contributed by atoms with E-state index in [4.69, 9.17) is 4.42 Å². The van der Waals surface area contributed by atoms with Gasteiger partial charge in [0, 0.05) is 36.0 Å². The van der Waals surface area contributed by atoms with E-state index in [1.165, 1.54) is 17.6 Å². The second-order valence-electron chi connectivity index (χ2n) is 7.50. The Morgan fingerprint density at radius 1 is 1.13 bits per heavy atom. The van der Waals surface area contributed by atoms with Crippen molar-refractivity contribution in [1.29, 1.82) is 0 Å². The number of carboxylic acids is 1. The van der Waals surface area contributed by atoms with E-state index in [-0.39, 0.29) is 30.6 Å². The Bertz CT molecular complexity index is 1080. The highest BCUT2D eigenvalue weighted by molar-refractivity contribution is 7.10. The largest absolute Gasteiger partial charge is 0.481 e. The van der Waals surface area contributed by atoms with Crippen LogP contribution >= 0.6 is 11.3 Å². The minimum Gasteiger partial charge on any atom is -0.481 e. The molecule has 3 aromatic rings. The SMILES string of the molecule is O=C(O)C[C@@H](CC(=O)Nc1ccc2c(c1)CN(C(=O)c1ccco1)CC2)c1cccs1. The zero-order chi connectivity index (χ0) is 21.8. The van der Waals surface area contributed by atoms with E-state index >= 15 is 0 Å². The molecule has 7 nitrogen and oxygen atoms in total. The predicted octanol–water partition coefficient (Wildman–Crippen LogP) is 4.13. The van der Waals surface area contributed by atoms with E-state index in [1.54, 1.807) is 17.0 Å². The van der Waals surface area contributed by atoms with E-state index < -0.39 is 5.97 Å². The zero-order valence-corrected chi connectivity index (χ0v) is 17.6. The van der Waals surface area contributed by atoms with Crippen molar-refractivity contribution in [2.75, 3.05) is 11.9 Å². The van der Waals surface area contributed by atoms with Gasteiger partial charge in [-0.15, -0.1) is 11.3 Å². The van der Waals surface area contributed by atoms with Crippen LogP contribution in [0.2, 0.25) is 0 Å². The second kappa shape index (κ2) is 9.18. The molecule has 2 aromatic heterocycles. The fraction of sp³-hybridized carbons (Fsp3) is 0.261. The predicted molar refractivity (Wildman–Crippen MR) is 116 cm³/mol. The number of aliphatic carboxylic acids is 1. The summed E-state index contributed by atoms with van der Waals surface area (Å²) in [5.74, 6) is -1.37. The smallest absolute Gasteiger partial charge is 0.304 e. The first-order valence-electron chi connectivity index (χ1n) is 9.99. The summed E-state index contributed by atoms with van der Waals surface area (Å²) in [6.45, 7) is 1.05. The summed E-state index contributed by atoms with van der Waals surface area (Å²) in [7, 11) is 0. The number of furan rings is 1. The van der Waals surface area contributed by atoms with Crippen LogP contribution in [0.15, 0.2) is 58.5 Å². The molecule has 1 aliphatic rings. The van der Waals surface area contributed by atoms with E-state index in [1.807, 2.05) is 35.7 Å². The highest BCUT2D eigenvalue weighted by atomic mass is 32.1. The third-order valence-electron chi connectivity index (χ3n) is 5.32. The first kappa shape index (κ1) is 20.9. The molecule has 1 aliphatic heterocycles. The van der Waals surface area contributed by atoms with Crippen molar-refractivity contribution in [3.63, 3.8) is 0 Å². The minimum atomic E-state index is -0.929. The number of carboxylic acid groups (broad SMARTS) is 1. The maximum absolute atomic E-state index is 12.6. The quantitative estimate of drug-likeness (QED) is 0.578. The number of anilines is 1. The fourth-order valence-corrected chi connectivity index (χ4v) is 4.64. The highest BCUT2D eigenvalue weighted by Crippen LogP contribution is 2.29. The fourth-order valence-electron chi connectivity index (χ4n) is 3.81. The van der Waals surface area contributed by atoms with Crippen molar-refractivity contribution in [1.82, 2.24) is 4.90 Å². The number of fused-ring (bicyclic) bond motifs is 1. The van der Waals surface area contributed by atoms with Gasteiger partial charge in [-0.05, 0) is 53.3 Å². The van der Waals surface area contributed by atoms with Crippen LogP contribution in [-0.4, -0.2) is 34.3 Å². The Morgan fingerprint density at radius 2 is 2.00 bits per heavy atom. The van der Waals surface area contributed by atoms with Gasteiger partial charge in [0.1, 0.15) is 0 Å². The molecule has 2 N–H and O–H groups in total. The average molecular weight is 439 g/mol. The summed E-state index contributed by atoms with van der Waals surface area (Å²) in [5, 5.41) is 13.9. The summed E-state index contributed by atoms with van der Waals surface area (Å²) in [5.41, 5.74) is 2.75. The third-order valence-corrected chi connectivity index (χ3v) is 6.35. The van der Waals surface area contributed by atoms with Gasteiger partial charge in [0.15, 0.2) is 5.76 Å². The lowest BCUT2D eigenvalue weighted by Gasteiger charge is -2.28. The van der Waals surface area contributed by atoms with E-state index in [2.05, 4.69) is 5.32 Å². The van der Waals surface area contributed by atoms with Gasteiger partial charge in [-0.1, -0.05) is 12.1 Å². The Morgan fingerprint density at radius 3 is 2.71 bits per heavy atom. The molecule has 0 saturated heterocycles. The number of amides is 2. The number of carbonyl (C=O) groups is 3. The topological polar surface area (TPSA) is 99.8 Å². The van der Waals surface area contributed by atoms with Gasteiger partial charge in [-0.3, -0.25) is 14.4 Å². The maximum Gasteiger partial charge on any atom is 0.304 e. The molecule has 0 aliphatic carbocycles. The van der Waals surface area contributed by atoms with Crippen molar-refractivity contribution in [3.8, 4) is 0 Å². The normalized spacial score (nSPS) is 14.0. The summed E-state index contributed by atoms with van der Waals surface area (Å²) in [6.07, 6.45) is 2.20. The third kappa shape index (κ3) is 5.03. The summed E-state index contributed by atoms with van der Waals surface area (Å²) < 4.78 is 5.22. The van der Waals surface area contributed by atoms with Crippen LogP contribution in [0, 0.1) is 0 Å². The van der Waals surface area contributed by atoms with Crippen molar-refractivity contribution >= 4 is 34.8 Å². The van der Waals surface area contributed by atoms with Crippen LogP contribution < -0.4 is 5.32 Å². The summed E-state index contributed by atoms with van der Waals surface area (Å²) in [4.78, 5) is 39.0. The molecule has 8 heteroatoms. The Labute approximate surface area is 183 Å². The molecule has 0 unspecified atom stereocenters. The molecule has 1 aromatic carbocycles. The number of hydrogen-bond acceptors (Lipinski definition) is 5. The lowest BCUT2D eigenvalue weighted by atomic mass is 9.97. The number of thiophene rings is 1. The van der Waals surface area contributed by atoms with Gasteiger partial charge < -0.3 is 19.7 Å². The standard InChI is InChI=1S/C23H22N2O5S/c26-21(12-16(13-22(27)28)20-4-2-10-31-20)24-18-6-5-15-7-8-25(14-17(15)11-18)23(29)19-3-1-9-30-19/h1-6,9-11,16H,7-8,12-14H2,(H,24,26)(H,27,28)/t16-/m1/s1. The van der Waals surface area contributed by atoms with Crippen molar-refractivity contribution < 1.29 is 23.9 Å². The maximum atomic E-state index is 12.6. The summed E-state index contributed by atoms with van der Waals surface area (Å²) >= 11 is 1.45. The molecule has 2 amide bonds. The Kier molecular flexibility index (Phi) is 6.18. The van der Waals surface area contributed by atoms with Crippen LogP contribution in [-0.2, 0) is 22.6 Å². The van der Waals surface area contributed by atoms with Crippen LogP contribution in [0.3, 0.4) is 0 Å². The van der Waals surface area contributed by atoms with Crippen molar-refractivity contribution in [3.05, 3.63) is 75.9 Å². The van der Waals surface area contributed by atoms with Gasteiger partial charge in [-0.2, -0.15) is 0 Å². The second-order valence-corrected chi connectivity index (χ2v) is 8.48. The molecule has 160 valence electrons. The van der Waals surface area contributed by atoms with E-state index in [9.17, 15) is 19.5 Å². The van der Waals surface area contributed by atoms with Gasteiger partial charge in [-0.25, -0.2) is 0 Å². The first-order chi connectivity index (χ1) is 15.0. The van der Waals surface area contributed by atoms with Crippen LogP contribution in [0.25, 0.3) is 0 Å². The number of benzene rings is 1. The molecule has 0 bridgehead atoms. The number of rotatable bonds is 7. The van der Waals surface area contributed by atoms with Crippen LogP contribution in [0.1, 0.15) is 45.3 Å². The van der Waals surface area contributed by atoms with Gasteiger partial charge in [0.05, 0.1) is 12.7 Å². The molecule has 0 fully saturated rings. The lowest BCUT2D eigenvalue weighted by Crippen LogP contribution is -2.35. The lowest BCUT2D eigenvalue weighted by molar-refractivity contribution is -0.137. The Hall–Kier alpha value is -3.39. The van der Waals surface area contributed by atoms with Gasteiger partial charge >= 0.3 is 5.97 Å². The Balaban J connectivity index is 1.43. The van der Waals surface area contributed by atoms with Gasteiger partial charge in [0.2, 0.25) is 5.91 Å². The van der Waals surface area contributed by atoms with Gasteiger partial charge in [0.25, 0.3) is 5.91 Å². The van der Waals surface area contributed by atoms with E-state index in [0.29, 0.717) is 24.5 Å². The van der Waals surface area contributed by atoms with Crippen molar-refractivity contribution in [2.45, 2.75) is 31.7 Å². The first-order valence-corrected chi connectivity index (χ1v) is 10.9. The van der Waals surface area contributed by atoms with E-state index in [0.717, 1.165) is 22.4 Å². The molecule has 1 atom stereocenters. The van der Waals surface area contributed by atoms with Crippen LogP contribution in [0.4, 0.5) is 5.69 Å². The number of nitrogens with one attached hydrogen (secondary N) is 1. The molecular formula is C23H22N2O5S.